The summed E-state index contributed by atoms with van der Waals surface area (Å²) in [4.78, 5) is 14.6. The van der Waals surface area contributed by atoms with Crippen molar-refractivity contribution in [3.63, 3.8) is 0 Å². The van der Waals surface area contributed by atoms with Crippen LogP contribution < -0.4 is 9.46 Å². The Bertz CT molecular complexity index is 1170. The summed E-state index contributed by atoms with van der Waals surface area (Å²) in [7, 11) is -2.26. The van der Waals surface area contributed by atoms with Crippen molar-refractivity contribution in [3.05, 3.63) is 58.9 Å². The quantitative estimate of drug-likeness (QED) is 0.390. The summed E-state index contributed by atoms with van der Waals surface area (Å²) in [5, 5.41) is 19.2. The first-order valence-electron chi connectivity index (χ1n) is 11.5. The molecule has 9 heteroatoms. The van der Waals surface area contributed by atoms with Gasteiger partial charge in [0.05, 0.1) is 12.3 Å². The number of nitrogens with zero attached hydrogens (tertiary/aromatic N) is 1. The molecule has 7 nitrogen and oxygen atoms in total. The van der Waals surface area contributed by atoms with Crippen molar-refractivity contribution in [2.24, 2.45) is 11.8 Å². The summed E-state index contributed by atoms with van der Waals surface area (Å²) in [6, 6.07) is 7.52. The van der Waals surface area contributed by atoms with Gasteiger partial charge in [0, 0.05) is 31.2 Å². The Morgan fingerprint density at radius 2 is 2.18 bits per heavy atom. The second kappa shape index (κ2) is 9.48. The molecule has 3 aliphatic rings. The van der Waals surface area contributed by atoms with Crippen LogP contribution in [-0.4, -0.2) is 53.9 Å². The van der Waals surface area contributed by atoms with Gasteiger partial charge in [0.25, 0.3) is 0 Å². The number of carbonyl (C=O) groups is 1. The molecule has 3 N–H and O–H groups in total. The Morgan fingerprint density at radius 1 is 1.32 bits per heavy atom. The number of hydrogen-bond donors (Lipinski definition) is 3. The van der Waals surface area contributed by atoms with Crippen LogP contribution in [0.15, 0.2) is 41.3 Å². The summed E-state index contributed by atoms with van der Waals surface area (Å²) < 4.78 is 35.9. The summed E-state index contributed by atoms with van der Waals surface area (Å²) in [6.45, 7) is 3.02. The highest BCUT2D eigenvalue weighted by Crippen LogP contribution is 2.55. The van der Waals surface area contributed by atoms with Gasteiger partial charge < -0.3 is 14.9 Å². The van der Waals surface area contributed by atoms with Crippen molar-refractivity contribution in [2.75, 3.05) is 37.6 Å². The minimum absolute atomic E-state index is 0.0159. The maximum atomic E-state index is 14.0. The van der Waals surface area contributed by atoms with Gasteiger partial charge in [0.1, 0.15) is 17.1 Å². The van der Waals surface area contributed by atoms with Gasteiger partial charge in [0.2, 0.25) is 0 Å². The molecular weight excluding hydrogens is 459 g/mol. The topological polar surface area (TPSA) is 99.1 Å². The van der Waals surface area contributed by atoms with Gasteiger partial charge >= 0.3 is 5.97 Å². The van der Waals surface area contributed by atoms with E-state index in [2.05, 4.69) is 9.62 Å². The third kappa shape index (κ3) is 4.60. The van der Waals surface area contributed by atoms with Crippen LogP contribution in [0, 0.1) is 17.7 Å². The minimum Gasteiger partial charge on any atom is -0.492 e. The van der Waals surface area contributed by atoms with E-state index in [1.807, 2.05) is 12.1 Å². The van der Waals surface area contributed by atoms with E-state index in [0.29, 0.717) is 41.2 Å². The molecule has 0 bridgehead atoms. The third-order valence-corrected chi connectivity index (χ3v) is 8.17. The SMILES string of the molecule is O=C(O)c1c(N[SH+](=O)c2ccc(F)cc2C=CCN2CCC(CO)C2)ccc2c1OCC1CC21. The van der Waals surface area contributed by atoms with Crippen molar-refractivity contribution < 1.29 is 28.3 Å². The highest BCUT2D eigenvalue weighted by atomic mass is 32.2. The predicted octanol–water partition coefficient (Wildman–Crippen LogP) is 3.43. The Labute approximate surface area is 199 Å². The van der Waals surface area contributed by atoms with Gasteiger partial charge in [-0.05, 0) is 61.1 Å². The molecule has 2 aromatic carbocycles. The number of carboxylic acid groups (broad SMARTS) is 1. The summed E-state index contributed by atoms with van der Waals surface area (Å²) >= 11 is 0. The van der Waals surface area contributed by atoms with E-state index in [-0.39, 0.29) is 23.8 Å². The Hall–Kier alpha value is -2.75. The molecule has 4 atom stereocenters. The normalized spacial score (nSPS) is 24.4. The number of ether oxygens (including phenoxy) is 1. The fourth-order valence-corrected chi connectivity index (χ4v) is 6.03. The molecular formula is C25H28FN2O5S+. The number of carboxylic acids is 1. The molecule has 0 spiro atoms. The Kier molecular flexibility index (Phi) is 6.42. The lowest BCUT2D eigenvalue weighted by Crippen LogP contribution is -2.21. The lowest BCUT2D eigenvalue weighted by molar-refractivity contribution is 0.0692. The number of benzene rings is 2. The van der Waals surface area contributed by atoms with Gasteiger partial charge in [-0.15, -0.1) is 0 Å². The summed E-state index contributed by atoms with van der Waals surface area (Å²) in [5.74, 6) is -0.166. The minimum atomic E-state index is -2.26. The monoisotopic (exact) mass is 487 g/mol. The van der Waals surface area contributed by atoms with E-state index in [9.17, 15) is 23.6 Å². The fraction of sp³-hybridized carbons (Fsp3) is 0.400. The van der Waals surface area contributed by atoms with Crippen molar-refractivity contribution >= 4 is 28.7 Å². The molecule has 5 rings (SSSR count). The highest BCUT2D eigenvalue weighted by molar-refractivity contribution is 7.86. The van der Waals surface area contributed by atoms with Gasteiger partial charge in [-0.2, -0.15) is 0 Å². The van der Waals surface area contributed by atoms with Crippen molar-refractivity contribution in [3.8, 4) is 5.75 Å². The number of anilines is 1. The van der Waals surface area contributed by atoms with Crippen LogP contribution in [0.3, 0.4) is 0 Å². The molecule has 2 aliphatic heterocycles. The summed E-state index contributed by atoms with van der Waals surface area (Å²) in [6.07, 6.45) is 5.57. The number of aliphatic hydroxyl groups is 1. The van der Waals surface area contributed by atoms with Crippen molar-refractivity contribution in [2.45, 2.75) is 23.7 Å². The molecule has 0 aromatic heterocycles. The van der Waals surface area contributed by atoms with E-state index in [1.54, 1.807) is 12.1 Å². The van der Waals surface area contributed by atoms with Crippen LogP contribution >= 0.6 is 0 Å². The van der Waals surface area contributed by atoms with E-state index < -0.39 is 22.8 Å². The van der Waals surface area contributed by atoms with Crippen LogP contribution in [0.2, 0.25) is 0 Å². The zero-order valence-electron chi connectivity index (χ0n) is 18.6. The molecule has 2 heterocycles. The van der Waals surface area contributed by atoms with Gasteiger partial charge in [-0.3, -0.25) is 4.90 Å². The second-order valence-corrected chi connectivity index (χ2v) is 10.5. The number of aliphatic hydroxyl groups excluding tert-OH is 1. The first kappa shape index (κ1) is 23.0. The molecule has 2 aromatic rings. The lowest BCUT2D eigenvalue weighted by atomic mass is 10.0. The van der Waals surface area contributed by atoms with E-state index in [0.717, 1.165) is 31.5 Å². The average molecular weight is 488 g/mol. The number of rotatable bonds is 8. The first-order valence-corrected chi connectivity index (χ1v) is 12.8. The van der Waals surface area contributed by atoms with Gasteiger partial charge in [-0.1, -0.05) is 22.4 Å². The standard InChI is InChI=1S/C25H27FN2O5S/c26-18-3-6-22(16(10-18)2-1-8-28-9-7-15(12-28)13-29)34(32)27-21-5-4-19-20-11-17(20)14-33-24(19)23(21)25(30)31/h1-6,10,15,17,20,29H,7-9,11-14H2,(H,27,32)(H,30,31)/p+1. The number of fused-ring (bicyclic) bond motifs is 3. The maximum Gasteiger partial charge on any atom is 0.341 e. The molecule has 180 valence electrons. The van der Waals surface area contributed by atoms with E-state index in [1.165, 1.54) is 18.2 Å². The molecule has 4 unspecified atom stereocenters. The van der Waals surface area contributed by atoms with Crippen LogP contribution in [0.25, 0.3) is 6.08 Å². The molecule has 1 aliphatic carbocycles. The zero-order chi connectivity index (χ0) is 23.8. The molecule has 34 heavy (non-hydrogen) atoms. The molecule has 2 fully saturated rings. The largest absolute Gasteiger partial charge is 0.492 e. The van der Waals surface area contributed by atoms with Gasteiger partial charge in [0.15, 0.2) is 15.9 Å². The van der Waals surface area contributed by atoms with E-state index >= 15 is 0 Å². The third-order valence-electron chi connectivity index (χ3n) is 6.89. The predicted molar refractivity (Wildman–Crippen MR) is 128 cm³/mol. The van der Waals surface area contributed by atoms with Crippen molar-refractivity contribution in [1.82, 2.24) is 4.90 Å². The van der Waals surface area contributed by atoms with Crippen LogP contribution in [-0.2, 0) is 15.2 Å². The van der Waals surface area contributed by atoms with E-state index in [4.69, 9.17) is 4.74 Å². The number of aromatic carboxylic acids is 1. The number of halogens is 1. The Balaban J connectivity index is 1.36. The molecule has 1 saturated heterocycles. The number of thiol groups is 1. The lowest BCUT2D eigenvalue weighted by Gasteiger charge is -2.20. The number of nitrogens with one attached hydrogen (secondary N) is 1. The molecule has 0 amide bonds. The summed E-state index contributed by atoms with van der Waals surface area (Å²) in [5.41, 5.74) is 1.57. The maximum absolute atomic E-state index is 14.0. The number of hydrogen-bond acceptors (Lipinski definition) is 5. The average Bonchev–Trinajstić information content (AvgIpc) is 3.48. The number of likely N-dealkylation sites (tertiary alicyclic amines) is 1. The smallest absolute Gasteiger partial charge is 0.341 e. The van der Waals surface area contributed by atoms with Crippen molar-refractivity contribution in [1.29, 1.82) is 0 Å². The van der Waals surface area contributed by atoms with Crippen LogP contribution in [0.5, 0.6) is 5.75 Å². The van der Waals surface area contributed by atoms with Gasteiger partial charge in [-0.25, -0.2) is 13.9 Å². The van der Waals surface area contributed by atoms with Crippen LogP contribution in [0.4, 0.5) is 10.1 Å². The second-order valence-electron chi connectivity index (χ2n) is 9.23. The first-order chi connectivity index (χ1) is 16.4. The fourth-order valence-electron chi connectivity index (χ4n) is 4.92. The molecule has 0 radical (unpaired) electrons. The highest BCUT2D eigenvalue weighted by Gasteiger charge is 2.45. The zero-order valence-corrected chi connectivity index (χ0v) is 19.5. The van der Waals surface area contributed by atoms with Crippen LogP contribution in [0.1, 0.15) is 40.2 Å². The Morgan fingerprint density at radius 3 is 2.94 bits per heavy atom. The molecule has 1 saturated carbocycles.